The van der Waals surface area contributed by atoms with Crippen LogP contribution in [-0.2, 0) is 4.74 Å². The smallest absolute Gasteiger partial charge is 0.239 e. The van der Waals surface area contributed by atoms with E-state index in [0.717, 1.165) is 24.4 Å². The number of hydrogen-bond donors (Lipinski definition) is 3. The third-order valence-electron chi connectivity index (χ3n) is 2.76. The highest BCUT2D eigenvalue weighted by Gasteiger charge is 2.29. The van der Waals surface area contributed by atoms with E-state index in [9.17, 15) is 0 Å². The average molecular weight is 223 g/mol. The summed E-state index contributed by atoms with van der Waals surface area (Å²) in [5, 5.41) is 3.33. The predicted octanol–water partition coefficient (Wildman–Crippen LogP) is 0.660. The Morgan fingerprint density at radius 1 is 1.44 bits per heavy atom. The Kier molecular flexibility index (Phi) is 3.21. The zero-order valence-electron chi connectivity index (χ0n) is 9.53. The third kappa shape index (κ3) is 2.40. The fourth-order valence-corrected chi connectivity index (χ4v) is 1.79. The van der Waals surface area contributed by atoms with Crippen LogP contribution in [0.5, 0.6) is 0 Å². The zero-order valence-corrected chi connectivity index (χ0v) is 9.53. The second kappa shape index (κ2) is 4.63. The second-order valence-corrected chi connectivity index (χ2v) is 4.03. The lowest BCUT2D eigenvalue weighted by Crippen LogP contribution is -2.40. The van der Waals surface area contributed by atoms with E-state index in [2.05, 4.69) is 20.7 Å². The Balaban J connectivity index is 1.97. The van der Waals surface area contributed by atoms with Crippen LogP contribution in [0.3, 0.4) is 0 Å². The average Bonchev–Trinajstić information content (AvgIpc) is 2.22. The zero-order chi connectivity index (χ0) is 11.5. The van der Waals surface area contributed by atoms with Crippen LogP contribution in [0.1, 0.15) is 18.5 Å². The number of aromatic nitrogens is 2. The van der Waals surface area contributed by atoms with Crippen LogP contribution in [0.15, 0.2) is 6.07 Å². The molecule has 1 aromatic rings. The van der Waals surface area contributed by atoms with E-state index in [1.54, 1.807) is 7.11 Å². The minimum Gasteiger partial charge on any atom is -0.381 e. The van der Waals surface area contributed by atoms with E-state index >= 15 is 0 Å². The minimum absolute atomic E-state index is 0.382. The molecule has 6 nitrogen and oxygen atoms in total. The highest BCUT2D eigenvalue weighted by atomic mass is 16.5. The molecule has 0 aromatic carbocycles. The predicted molar refractivity (Wildman–Crippen MR) is 62.0 cm³/mol. The minimum atomic E-state index is 0.382. The summed E-state index contributed by atoms with van der Waals surface area (Å²) in [6, 6.07) is 2.34. The quantitative estimate of drug-likeness (QED) is 0.513. The van der Waals surface area contributed by atoms with Crippen LogP contribution >= 0.6 is 0 Å². The van der Waals surface area contributed by atoms with Gasteiger partial charge in [-0.2, -0.15) is 4.98 Å². The molecular formula is C10H17N5O. The molecule has 1 fully saturated rings. The van der Waals surface area contributed by atoms with Crippen LogP contribution in [0.4, 0.5) is 11.8 Å². The van der Waals surface area contributed by atoms with E-state index in [1.807, 2.05) is 13.0 Å². The lowest BCUT2D eigenvalue weighted by molar-refractivity contribution is 0.0328. The van der Waals surface area contributed by atoms with Crippen molar-refractivity contribution in [2.45, 2.75) is 31.9 Å². The molecule has 0 spiro atoms. The number of hydrogen-bond acceptors (Lipinski definition) is 6. The number of aryl methyl sites for hydroxylation is 1. The highest BCUT2D eigenvalue weighted by molar-refractivity contribution is 5.42. The van der Waals surface area contributed by atoms with E-state index in [0.29, 0.717) is 18.1 Å². The third-order valence-corrected chi connectivity index (χ3v) is 2.76. The van der Waals surface area contributed by atoms with Crippen LogP contribution in [0, 0.1) is 6.92 Å². The fraction of sp³-hybridized carbons (Fsp3) is 0.600. The lowest BCUT2D eigenvalue weighted by atomic mass is 9.89. The largest absolute Gasteiger partial charge is 0.381 e. The second-order valence-electron chi connectivity index (χ2n) is 4.03. The van der Waals surface area contributed by atoms with Crippen molar-refractivity contribution in [3.05, 3.63) is 11.8 Å². The fourth-order valence-electron chi connectivity index (χ4n) is 1.79. The van der Waals surface area contributed by atoms with E-state index in [1.165, 1.54) is 0 Å². The number of nitrogen functional groups attached to an aromatic ring is 1. The first-order chi connectivity index (χ1) is 7.71. The number of methoxy groups -OCH3 is 1. The van der Waals surface area contributed by atoms with Crippen molar-refractivity contribution in [3.63, 3.8) is 0 Å². The molecule has 16 heavy (non-hydrogen) atoms. The molecule has 1 aliphatic rings. The van der Waals surface area contributed by atoms with Gasteiger partial charge >= 0.3 is 0 Å². The maximum atomic E-state index is 5.29. The van der Waals surface area contributed by atoms with Gasteiger partial charge in [-0.15, -0.1) is 0 Å². The summed E-state index contributed by atoms with van der Waals surface area (Å²) in [7, 11) is 1.74. The van der Waals surface area contributed by atoms with Crippen LogP contribution in [-0.4, -0.2) is 29.2 Å². The van der Waals surface area contributed by atoms with Crippen molar-refractivity contribution in [1.82, 2.24) is 9.97 Å². The summed E-state index contributed by atoms with van der Waals surface area (Å²) in [5.41, 5.74) is 3.33. The molecule has 0 atom stereocenters. The molecule has 1 heterocycles. The number of anilines is 2. The Morgan fingerprint density at radius 3 is 2.81 bits per heavy atom. The van der Waals surface area contributed by atoms with Crippen LogP contribution < -0.4 is 16.6 Å². The molecule has 4 N–H and O–H groups in total. The molecule has 0 unspecified atom stereocenters. The first-order valence-corrected chi connectivity index (χ1v) is 5.33. The van der Waals surface area contributed by atoms with Gasteiger partial charge in [-0.05, 0) is 19.8 Å². The van der Waals surface area contributed by atoms with Gasteiger partial charge in [-0.25, -0.2) is 10.8 Å². The van der Waals surface area contributed by atoms with Crippen LogP contribution in [0.2, 0.25) is 0 Å². The summed E-state index contributed by atoms with van der Waals surface area (Å²) in [4.78, 5) is 8.35. The van der Waals surface area contributed by atoms with Gasteiger partial charge in [0.1, 0.15) is 5.82 Å². The van der Waals surface area contributed by atoms with Gasteiger partial charge < -0.3 is 10.1 Å². The molecule has 1 aliphatic carbocycles. The molecule has 6 heteroatoms. The standard InChI is InChI=1S/C10H17N5O/c1-6-3-9(14-10(12-6)15-11)13-7-4-8(5-7)16-2/h3,7-8H,4-5,11H2,1-2H3,(H2,12,13,14,15). The molecule has 0 amide bonds. The van der Waals surface area contributed by atoms with Gasteiger partial charge in [0.15, 0.2) is 0 Å². The maximum Gasteiger partial charge on any atom is 0.239 e. The van der Waals surface area contributed by atoms with Gasteiger partial charge in [0.2, 0.25) is 5.95 Å². The normalized spacial score (nSPS) is 23.7. The van der Waals surface area contributed by atoms with Gasteiger partial charge in [0, 0.05) is 24.9 Å². The van der Waals surface area contributed by atoms with Crippen molar-refractivity contribution >= 4 is 11.8 Å². The number of ether oxygens (including phenoxy) is 1. The summed E-state index contributed by atoms with van der Waals surface area (Å²) in [6.07, 6.45) is 2.42. The van der Waals surface area contributed by atoms with Gasteiger partial charge in [-0.1, -0.05) is 0 Å². The molecule has 1 aromatic heterocycles. The Labute approximate surface area is 94.6 Å². The molecule has 0 radical (unpaired) electrons. The number of nitrogens with two attached hydrogens (primary N) is 1. The molecular weight excluding hydrogens is 206 g/mol. The van der Waals surface area contributed by atoms with E-state index < -0.39 is 0 Å². The summed E-state index contributed by atoms with van der Waals surface area (Å²) < 4.78 is 5.22. The number of hydrazine groups is 1. The van der Waals surface area contributed by atoms with E-state index in [-0.39, 0.29) is 0 Å². The van der Waals surface area contributed by atoms with Crippen molar-refractivity contribution in [1.29, 1.82) is 0 Å². The van der Waals surface area contributed by atoms with Crippen molar-refractivity contribution in [2.75, 3.05) is 17.9 Å². The molecule has 2 rings (SSSR count). The summed E-state index contributed by atoms with van der Waals surface area (Å²) in [6.45, 7) is 1.91. The molecule has 0 aliphatic heterocycles. The monoisotopic (exact) mass is 223 g/mol. The van der Waals surface area contributed by atoms with Gasteiger partial charge in [-0.3, -0.25) is 5.43 Å². The Morgan fingerprint density at radius 2 is 2.19 bits per heavy atom. The number of nitrogens with one attached hydrogen (secondary N) is 2. The topological polar surface area (TPSA) is 85.1 Å². The first-order valence-electron chi connectivity index (χ1n) is 5.33. The Hall–Kier alpha value is -1.40. The number of rotatable bonds is 4. The molecule has 88 valence electrons. The summed E-state index contributed by atoms with van der Waals surface area (Å²) >= 11 is 0. The maximum absolute atomic E-state index is 5.29. The summed E-state index contributed by atoms with van der Waals surface area (Å²) in [5.74, 6) is 6.53. The molecule has 0 bridgehead atoms. The SMILES string of the molecule is COC1CC(Nc2cc(C)nc(NN)n2)C1. The lowest BCUT2D eigenvalue weighted by Gasteiger charge is -2.34. The highest BCUT2D eigenvalue weighted by Crippen LogP contribution is 2.25. The first kappa shape index (κ1) is 11.1. The molecule has 1 saturated carbocycles. The van der Waals surface area contributed by atoms with Crippen molar-refractivity contribution in [3.8, 4) is 0 Å². The van der Waals surface area contributed by atoms with Gasteiger partial charge in [0.05, 0.1) is 6.10 Å². The number of nitrogens with zero attached hydrogens (tertiary/aromatic N) is 2. The van der Waals surface area contributed by atoms with Crippen molar-refractivity contribution in [2.24, 2.45) is 5.84 Å². The van der Waals surface area contributed by atoms with E-state index in [4.69, 9.17) is 10.6 Å². The van der Waals surface area contributed by atoms with Crippen LogP contribution in [0.25, 0.3) is 0 Å². The Bertz CT molecular complexity index is 364. The van der Waals surface area contributed by atoms with Gasteiger partial charge in [0.25, 0.3) is 0 Å². The van der Waals surface area contributed by atoms with Crippen molar-refractivity contribution < 1.29 is 4.74 Å². The molecule has 0 saturated heterocycles.